The Kier molecular flexibility index (Phi) is 4.68. The largest absolute Gasteiger partial charge is 0.344 e. The van der Waals surface area contributed by atoms with Crippen LogP contribution in [0.25, 0.3) is 0 Å². The maximum Gasteiger partial charge on any atom is 0.0249 e. The molecule has 0 fully saturated rings. The summed E-state index contributed by atoms with van der Waals surface area (Å²) in [7, 11) is 0. The fourth-order valence-corrected chi connectivity index (χ4v) is 1.78. The maximum absolute atomic E-state index is 2.40. The SMILES string of the molecule is Cc1cccc(CI)c1C.N. The van der Waals surface area contributed by atoms with Gasteiger partial charge in [-0.05, 0) is 30.5 Å². The van der Waals surface area contributed by atoms with Crippen molar-refractivity contribution >= 4 is 22.6 Å². The van der Waals surface area contributed by atoms with Crippen LogP contribution in [0.1, 0.15) is 16.7 Å². The summed E-state index contributed by atoms with van der Waals surface area (Å²) in [6, 6.07) is 6.47. The van der Waals surface area contributed by atoms with E-state index < -0.39 is 0 Å². The number of alkyl halides is 1. The van der Waals surface area contributed by atoms with E-state index in [2.05, 4.69) is 54.6 Å². The molecule has 0 amide bonds. The van der Waals surface area contributed by atoms with Crippen LogP contribution in [-0.2, 0) is 4.43 Å². The lowest BCUT2D eigenvalue weighted by atomic mass is 10.1. The summed E-state index contributed by atoms with van der Waals surface area (Å²) < 4.78 is 1.12. The highest BCUT2D eigenvalue weighted by Crippen LogP contribution is 2.15. The molecule has 0 radical (unpaired) electrons. The number of benzene rings is 1. The third-order valence-corrected chi connectivity index (χ3v) is 2.68. The third kappa shape index (κ3) is 2.45. The van der Waals surface area contributed by atoms with Crippen LogP contribution in [0.3, 0.4) is 0 Å². The zero-order chi connectivity index (χ0) is 7.56. The Labute approximate surface area is 81.9 Å². The van der Waals surface area contributed by atoms with Gasteiger partial charge in [0.05, 0.1) is 0 Å². The normalized spacial score (nSPS) is 9.00. The average Bonchev–Trinajstić information content (AvgIpc) is 1.95. The molecule has 0 aromatic heterocycles. The minimum absolute atomic E-state index is 0. The summed E-state index contributed by atoms with van der Waals surface area (Å²) in [6.07, 6.45) is 0. The molecule has 0 spiro atoms. The molecule has 0 aliphatic heterocycles. The van der Waals surface area contributed by atoms with Crippen molar-refractivity contribution in [2.45, 2.75) is 18.3 Å². The van der Waals surface area contributed by atoms with Crippen molar-refractivity contribution in [1.29, 1.82) is 0 Å². The van der Waals surface area contributed by atoms with E-state index in [0.29, 0.717) is 0 Å². The van der Waals surface area contributed by atoms with Gasteiger partial charge in [0, 0.05) is 4.43 Å². The lowest BCUT2D eigenvalue weighted by Crippen LogP contribution is -1.86. The van der Waals surface area contributed by atoms with Gasteiger partial charge in [-0.25, -0.2) is 0 Å². The van der Waals surface area contributed by atoms with Crippen LogP contribution in [0.4, 0.5) is 0 Å². The van der Waals surface area contributed by atoms with Gasteiger partial charge >= 0.3 is 0 Å². The highest BCUT2D eigenvalue weighted by molar-refractivity contribution is 14.1. The minimum atomic E-state index is 0. The highest BCUT2D eigenvalue weighted by atomic mass is 127. The van der Waals surface area contributed by atoms with Crippen LogP contribution in [0.15, 0.2) is 18.2 Å². The second kappa shape index (κ2) is 4.72. The highest BCUT2D eigenvalue weighted by Gasteiger charge is 1.96. The first-order valence-electron chi connectivity index (χ1n) is 3.36. The van der Waals surface area contributed by atoms with Gasteiger partial charge in [0.15, 0.2) is 0 Å². The number of hydrogen-bond acceptors (Lipinski definition) is 1. The van der Waals surface area contributed by atoms with Gasteiger partial charge in [-0.2, -0.15) is 0 Å². The van der Waals surface area contributed by atoms with E-state index in [1.54, 1.807) is 0 Å². The maximum atomic E-state index is 2.40. The second-order valence-corrected chi connectivity index (χ2v) is 3.26. The Morgan fingerprint density at radius 3 is 2.36 bits per heavy atom. The first-order valence-corrected chi connectivity index (χ1v) is 4.89. The molecule has 0 aliphatic carbocycles. The Hall–Kier alpha value is -0.0900. The van der Waals surface area contributed by atoms with Gasteiger partial charge in [-0.15, -0.1) is 0 Å². The zero-order valence-electron chi connectivity index (χ0n) is 7.02. The van der Waals surface area contributed by atoms with Crippen LogP contribution in [0.2, 0.25) is 0 Å². The molecule has 0 saturated heterocycles. The zero-order valence-corrected chi connectivity index (χ0v) is 9.18. The molecule has 1 nitrogen and oxygen atoms in total. The summed E-state index contributed by atoms with van der Waals surface area (Å²) in [6.45, 7) is 4.34. The summed E-state index contributed by atoms with van der Waals surface area (Å²) in [5.41, 5.74) is 4.30. The number of hydrogen-bond donors (Lipinski definition) is 1. The molecular formula is C9H14IN. The van der Waals surface area contributed by atoms with Crippen LogP contribution < -0.4 is 6.15 Å². The van der Waals surface area contributed by atoms with Crippen LogP contribution in [-0.4, -0.2) is 0 Å². The van der Waals surface area contributed by atoms with Crippen molar-refractivity contribution in [3.05, 3.63) is 34.9 Å². The van der Waals surface area contributed by atoms with Gasteiger partial charge < -0.3 is 6.15 Å². The van der Waals surface area contributed by atoms with E-state index in [1.165, 1.54) is 16.7 Å². The lowest BCUT2D eigenvalue weighted by Gasteiger charge is -2.03. The van der Waals surface area contributed by atoms with E-state index in [0.717, 1.165) is 4.43 Å². The van der Waals surface area contributed by atoms with Gasteiger partial charge in [-0.1, -0.05) is 40.8 Å². The molecule has 62 valence electrons. The average molecular weight is 263 g/mol. The molecule has 0 saturated carbocycles. The van der Waals surface area contributed by atoms with Gasteiger partial charge in [0.25, 0.3) is 0 Å². The van der Waals surface area contributed by atoms with Crippen LogP contribution in [0, 0.1) is 13.8 Å². The number of halogens is 1. The van der Waals surface area contributed by atoms with Crippen molar-refractivity contribution in [2.75, 3.05) is 0 Å². The molecule has 0 atom stereocenters. The van der Waals surface area contributed by atoms with Gasteiger partial charge in [-0.3, -0.25) is 0 Å². The van der Waals surface area contributed by atoms with Crippen molar-refractivity contribution in [1.82, 2.24) is 6.15 Å². The third-order valence-electron chi connectivity index (χ3n) is 1.86. The Morgan fingerprint density at radius 1 is 1.27 bits per heavy atom. The predicted molar refractivity (Wildman–Crippen MR) is 58.7 cm³/mol. The molecule has 1 aromatic carbocycles. The van der Waals surface area contributed by atoms with E-state index in [1.807, 2.05) is 0 Å². The van der Waals surface area contributed by atoms with Crippen molar-refractivity contribution in [3.8, 4) is 0 Å². The molecule has 1 rings (SSSR count). The summed E-state index contributed by atoms with van der Waals surface area (Å²) in [5.74, 6) is 0. The van der Waals surface area contributed by atoms with Crippen molar-refractivity contribution in [3.63, 3.8) is 0 Å². The predicted octanol–water partition coefficient (Wildman–Crippen LogP) is 3.40. The molecule has 1 aromatic rings. The summed E-state index contributed by atoms with van der Waals surface area (Å²) in [5, 5.41) is 0. The minimum Gasteiger partial charge on any atom is -0.344 e. The summed E-state index contributed by atoms with van der Waals surface area (Å²) >= 11 is 2.40. The lowest BCUT2D eigenvalue weighted by molar-refractivity contribution is 1.26. The molecule has 11 heavy (non-hydrogen) atoms. The van der Waals surface area contributed by atoms with Gasteiger partial charge in [0.2, 0.25) is 0 Å². The fraction of sp³-hybridized carbons (Fsp3) is 0.333. The van der Waals surface area contributed by atoms with E-state index in [-0.39, 0.29) is 6.15 Å². The van der Waals surface area contributed by atoms with E-state index in [9.17, 15) is 0 Å². The topological polar surface area (TPSA) is 35.0 Å². The molecule has 0 heterocycles. The van der Waals surface area contributed by atoms with Crippen molar-refractivity contribution < 1.29 is 0 Å². The Bertz CT molecular complexity index is 233. The van der Waals surface area contributed by atoms with Crippen LogP contribution >= 0.6 is 22.6 Å². The first kappa shape index (κ1) is 10.9. The van der Waals surface area contributed by atoms with Gasteiger partial charge in [0.1, 0.15) is 0 Å². The molecule has 2 heteroatoms. The van der Waals surface area contributed by atoms with Crippen molar-refractivity contribution in [2.24, 2.45) is 0 Å². The molecular weight excluding hydrogens is 249 g/mol. The summed E-state index contributed by atoms with van der Waals surface area (Å²) in [4.78, 5) is 0. The molecule has 0 bridgehead atoms. The first-order chi connectivity index (χ1) is 4.75. The molecule has 0 aliphatic rings. The monoisotopic (exact) mass is 263 g/mol. The van der Waals surface area contributed by atoms with Crippen LogP contribution in [0.5, 0.6) is 0 Å². The molecule has 3 N–H and O–H groups in total. The Balaban J connectivity index is 0.000001000. The fourth-order valence-electron chi connectivity index (χ4n) is 0.957. The number of rotatable bonds is 1. The second-order valence-electron chi connectivity index (χ2n) is 2.49. The quantitative estimate of drug-likeness (QED) is 0.611. The van der Waals surface area contributed by atoms with E-state index in [4.69, 9.17) is 0 Å². The van der Waals surface area contributed by atoms with E-state index >= 15 is 0 Å². The number of aryl methyl sites for hydroxylation is 1. The Morgan fingerprint density at radius 2 is 1.91 bits per heavy atom. The smallest absolute Gasteiger partial charge is 0.0249 e. The molecule has 0 unspecified atom stereocenters. The standard InChI is InChI=1S/C9H11I.H3N/c1-7-4-3-5-9(6-10)8(7)2;/h3-5H,6H2,1-2H3;1H3.